The van der Waals surface area contributed by atoms with E-state index in [9.17, 15) is 4.79 Å². The van der Waals surface area contributed by atoms with Crippen LogP contribution in [0.1, 0.15) is 31.2 Å². The van der Waals surface area contributed by atoms with E-state index in [1.807, 2.05) is 6.07 Å². The van der Waals surface area contributed by atoms with Crippen molar-refractivity contribution in [1.82, 2.24) is 10.2 Å². The van der Waals surface area contributed by atoms with E-state index >= 15 is 0 Å². The Morgan fingerprint density at radius 2 is 1.68 bits per heavy atom. The van der Waals surface area contributed by atoms with Crippen LogP contribution in [-0.2, 0) is 10.2 Å². The van der Waals surface area contributed by atoms with Gasteiger partial charge in [-0.3, -0.25) is 4.79 Å². The zero-order chi connectivity index (χ0) is 13.1. The fourth-order valence-electron chi connectivity index (χ4n) is 3.53. The van der Waals surface area contributed by atoms with Crippen LogP contribution in [-0.4, -0.2) is 37.0 Å². The fourth-order valence-corrected chi connectivity index (χ4v) is 3.53. The number of hydrogen-bond acceptors (Lipinski definition) is 2. The Kier molecular flexibility index (Phi) is 3.56. The number of carbonyl (C=O) groups excluding carboxylic acids is 1. The molecule has 0 radical (unpaired) electrons. The van der Waals surface area contributed by atoms with Gasteiger partial charge in [-0.15, -0.1) is 0 Å². The number of benzene rings is 1. The van der Waals surface area contributed by atoms with Crippen LogP contribution in [0.3, 0.4) is 0 Å². The molecule has 1 saturated carbocycles. The van der Waals surface area contributed by atoms with Gasteiger partial charge in [0.05, 0.1) is 5.41 Å². The molecule has 0 unspecified atom stereocenters. The molecule has 3 rings (SSSR count). The van der Waals surface area contributed by atoms with Crippen LogP contribution < -0.4 is 5.32 Å². The van der Waals surface area contributed by atoms with Crippen LogP contribution in [0.4, 0.5) is 0 Å². The molecule has 2 aliphatic rings. The molecule has 1 aromatic rings. The molecule has 1 heterocycles. The van der Waals surface area contributed by atoms with E-state index in [1.165, 1.54) is 18.4 Å². The highest BCUT2D eigenvalue weighted by atomic mass is 16.2. The molecule has 0 spiro atoms. The third-order valence-corrected chi connectivity index (χ3v) is 4.60. The summed E-state index contributed by atoms with van der Waals surface area (Å²) in [6, 6.07) is 10.4. The lowest BCUT2D eigenvalue weighted by Gasteiger charge is -2.37. The summed E-state index contributed by atoms with van der Waals surface area (Å²) in [5.74, 6) is 0.359. The summed E-state index contributed by atoms with van der Waals surface area (Å²) in [6.07, 6.45) is 4.37. The van der Waals surface area contributed by atoms with Crippen LogP contribution in [0, 0.1) is 0 Å². The second kappa shape index (κ2) is 5.33. The molecule has 1 amide bonds. The van der Waals surface area contributed by atoms with Gasteiger partial charge in [0.15, 0.2) is 0 Å². The monoisotopic (exact) mass is 258 g/mol. The zero-order valence-corrected chi connectivity index (χ0v) is 11.4. The SMILES string of the molecule is O=C(N1CCNCC1)C1(c2ccccc2)CCCC1. The van der Waals surface area contributed by atoms with Gasteiger partial charge in [-0.2, -0.15) is 0 Å². The Bertz CT molecular complexity index is 431. The number of rotatable bonds is 2. The van der Waals surface area contributed by atoms with Crippen molar-refractivity contribution in [1.29, 1.82) is 0 Å². The summed E-state index contributed by atoms with van der Waals surface area (Å²) in [5, 5.41) is 3.32. The minimum absolute atomic E-state index is 0.237. The van der Waals surface area contributed by atoms with Crippen LogP contribution in [0.25, 0.3) is 0 Å². The molecule has 3 heteroatoms. The highest BCUT2D eigenvalue weighted by Gasteiger charge is 2.44. The van der Waals surface area contributed by atoms with E-state index in [1.54, 1.807) is 0 Å². The molecule has 102 valence electrons. The third-order valence-electron chi connectivity index (χ3n) is 4.60. The Hall–Kier alpha value is -1.35. The average molecular weight is 258 g/mol. The maximum atomic E-state index is 13.0. The Labute approximate surface area is 115 Å². The lowest BCUT2D eigenvalue weighted by atomic mass is 9.77. The minimum Gasteiger partial charge on any atom is -0.339 e. The topological polar surface area (TPSA) is 32.3 Å². The quantitative estimate of drug-likeness (QED) is 0.879. The van der Waals surface area contributed by atoms with E-state index in [-0.39, 0.29) is 5.41 Å². The smallest absolute Gasteiger partial charge is 0.233 e. The fraction of sp³-hybridized carbons (Fsp3) is 0.562. The summed E-state index contributed by atoms with van der Waals surface area (Å²) in [5.41, 5.74) is 0.981. The van der Waals surface area contributed by atoms with E-state index in [0.717, 1.165) is 39.0 Å². The molecule has 1 N–H and O–H groups in total. The van der Waals surface area contributed by atoms with Crippen LogP contribution in [0.5, 0.6) is 0 Å². The minimum atomic E-state index is -0.237. The summed E-state index contributed by atoms with van der Waals surface area (Å²) in [7, 11) is 0. The van der Waals surface area contributed by atoms with Gasteiger partial charge in [0.25, 0.3) is 0 Å². The predicted octanol–water partition coefficient (Wildman–Crippen LogP) is 1.93. The molecule has 19 heavy (non-hydrogen) atoms. The van der Waals surface area contributed by atoms with Crippen molar-refractivity contribution in [3.63, 3.8) is 0 Å². The number of hydrogen-bond donors (Lipinski definition) is 1. The Morgan fingerprint density at radius 3 is 2.32 bits per heavy atom. The van der Waals surface area contributed by atoms with Crippen molar-refractivity contribution in [2.75, 3.05) is 26.2 Å². The van der Waals surface area contributed by atoms with Gasteiger partial charge in [0.2, 0.25) is 5.91 Å². The third kappa shape index (κ3) is 2.27. The predicted molar refractivity (Wildman–Crippen MR) is 76.0 cm³/mol. The van der Waals surface area contributed by atoms with Gasteiger partial charge in [-0.25, -0.2) is 0 Å². The number of amides is 1. The first-order valence-electron chi connectivity index (χ1n) is 7.39. The molecule has 1 aliphatic heterocycles. The van der Waals surface area contributed by atoms with Crippen LogP contribution >= 0.6 is 0 Å². The molecule has 3 nitrogen and oxygen atoms in total. The van der Waals surface area contributed by atoms with E-state index in [4.69, 9.17) is 0 Å². The van der Waals surface area contributed by atoms with E-state index in [0.29, 0.717) is 5.91 Å². The van der Waals surface area contributed by atoms with Crippen LogP contribution in [0.15, 0.2) is 30.3 Å². The molecule has 0 bridgehead atoms. The lowest BCUT2D eigenvalue weighted by molar-refractivity contribution is -0.138. The molecule has 1 aromatic carbocycles. The highest BCUT2D eigenvalue weighted by Crippen LogP contribution is 2.42. The van der Waals surface area contributed by atoms with Crippen molar-refractivity contribution in [3.05, 3.63) is 35.9 Å². The molecular formula is C16H22N2O. The maximum Gasteiger partial charge on any atom is 0.233 e. The standard InChI is InChI=1S/C16H22N2O/c19-15(18-12-10-17-11-13-18)16(8-4-5-9-16)14-6-2-1-3-7-14/h1-3,6-7,17H,4-5,8-13H2. The van der Waals surface area contributed by atoms with Crippen molar-refractivity contribution < 1.29 is 4.79 Å². The van der Waals surface area contributed by atoms with Crippen molar-refractivity contribution in [2.45, 2.75) is 31.1 Å². The second-order valence-electron chi connectivity index (χ2n) is 5.70. The van der Waals surface area contributed by atoms with Gasteiger partial charge >= 0.3 is 0 Å². The molecule has 1 aliphatic carbocycles. The molecule has 1 saturated heterocycles. The maximum absolute atomic E-state index is 13.0. The molecular weight excluding hydrogens is 236 g/mol. The van der Waals surface area contributed by atoms with Gasteiger partial charge in [-0.1, -0.05) is 43.2 Å². The number of piperazine rings is 1. The Morgan fingerprint density at radius 1 is 1.05 bits per heavy atom. The van der Waals surface area contributed by atoms with Gasteiger partial charge in [0.1, 0.15) is 0 Å². The van der Waals surface area contributed by atoms with Crippen molar-refractivity contribution >= 4 is 5.91 Å². The van der Waals surface area contributed by atoms with Crippen molar-refractivity contribution in [3.8, 4) is 0 Å². The largest absolute Gasteiger partial charge is 0.339 e. The van der Waals surface area contributed by atoms with Gasteiger partial charge in [-0.05, 0) is 18.4 Å². The summed E-state index contributed by atoms with van der Waals surface area (Å²) < 4.78 is 0. The molecule has 0 atom stereocenters. The normalized spacial score (nSPS) is 22.4. The first kappa shape index (κ1) is 12.7. The highest BCUT2D eigenvalue weighted by molar-refractivity contribution is 5.88. The van der Waals surface area contributed by atoms with Gasteiger partial charge in [0, 0.05) is 26.2 Å². The van der Waals surface area contributed by atoms with E-state index < -0.39 is 0 Å². The first-order chi connectivity index (χ1) is 9.33. The zero-order valence-electron chi connectivity index (χ0n) is 11.4. The first-order valence-corrected chi connectivity index (χ1v) is 7.39. The Balaban J connectivity index is 1.90. The van der Waals surface area contributed by atoms with Crippen molar-refractivity contribution in [2.24, 2.45) is 0 Å². The van der Waals surface area contributed by atoms with Crippen LogP contribution in [0.2, 0.25) is 0 Å². The number of nitrogens with zero attached hydrogens (tertiary/aromatic N) is 1. The number of carbonyl (C=O) groups is 1. The summed E-state index contributed by atoms with van der Waals surface area (Å²) in [6.45, 7) is 3.56. The van der Waals surface area contributed by atoms with Gasteiger partial charge < -0.3 is 10.2 Å². The average Bonchev–Trinajstić information content (AvgIpc) is 2.99. The lowest BCUT2D eigenvalue weighted by Crippen LogP contribution is -2.52. The summed E-state index contributed by atoms with van der Waals surface area (Å²) in [4.78, 5) is 15.1. The number of nitrogens with one attached hydrogen (secondary N) is 1. The van der Waals surface area contributed by atoms with E-state index in [2.05, 4.69) is 34.5 Å². The molecule has 0 aromatic heterocycles. The molecule has 2 fully saturated rings. The summed E-state index contributed by atoms with van der Waals surface area (Å²) >= 11 is 0. The second-order valence-corrected chi connectivity index (χ2v) is 5.70.